The molecule has 0 amide bonds. The lowest BCUT2D eigenvalue weighted by Gasteiger charge is -2.01. The average molecular weight is 251 g/mol. The van der Waals surface area contributed by atoms with E-state index in [1.54, 1.807) is 0 Å². The van der Waals surface area contributed by atoms with Gasteiger partial charge in [-0.2, -0.15) is 0 Å². The van der Waals surface area contributed by atoms with Crippen LogP contribution in [0.5, 0.6) is 0 Å². The standard InChI is InChI=1S/C17H17NO/c19-11-3-4-14-6-8-15(9-7-14)16-12-17-5-1-2-10-18(17)13-16/h1-2,5-10,12-13,19H,3-4,11H2. The van der Waals surface area contributed by atoms with Crippen molar-refractivity contribution in [2.75, 3.05) is 6.61 Å². The van der Waals surface area contributed by atoms with Crippen LogP contribution < -0.4 is 0 Å². The summed E-state index contributed by atoms with van der Waals surface area (Å²) in [6, 6.07) is 17.0. The molecule has 0 spiro atoms. The van der Waals surface area contributed by atoms with Crippen molar-refractivity contribution in [1.29, 1.82) is 0 Å². The maximum absolute atomic E-state index is 8.84. The van der Waals surface area contributed by atoms with Gasteiger partial charge in [-0.3, -0.25) is 0 Å². The Kier molecular flexibility index (Phi) is 3.34. The predicted molar refractivity (Wildman–Crippen MR) is 78.2 cm³/mol. The van der Waals surface area contributed by atoms with Gasteiger partial charge in [0.05, 0.1) is 0 Å². The number of fused-ring (bicyclic) bond motifs is 1. The molecule has 1 aromatic carbocycles. The molecule has 0 saturated heterocycles. The SMILES string of the molecule is OCCCc1ccc(-c2cc3ccccn3c2)cc1. The number of rotatable bonds is 4. The molecule has 2 heteroatoms. The number of hydrogen-bond acceptors (Lipinski definition) is 1. The maximum atomic E-state index is 8.84. The van der Waals surface area contributed by atoms with Gasteiger partial charge < -0.3 is 9.51 Å². The Labute approximate surface area is 112 Å². The predicted octanol–water partition coefficient (Wildman–Crippen LogP) is 3.53. The van der Waals surface area contributed by atoms with Gasteiger partial charge in [-0.05, 0) is 42.2 Å². The van der Waals surface area contributed by atoms with Crippen LogP contribution in [0.3, 0.4) is 0 Å². The third-order valence-electron chi connectivity index (χ3n) is 3.42. The number of benzene rings is 1. The van der Waals surface area contributed by atoms with E-state index < -0.39 is 0 Å². The fraction of sp³-hybridized carbons (Fsp3) is 0.176. The van der Waals surface area contributed by atoms with Crippen molar-refractivity contribution in [3.63, 3.8) is 0 Å². The summed E-state index contributed by atoms with van der Waals surface area (Å²) in [5.41, 5.74) is 4.96. The fourth-order valence-corrected chi connectivity index (χ4v) is 2.36. The lowest BCUT2D eigenvalue weighted by atomic mass is 10.0. The Morgan fingerprint density at radius 2 is 1.79 bits per heavy atom. The normalized spacial score (nSPS) is 11.0. The van der Waals surface area contributed by atoms with Crippen LogP contribution in [0.1, 0.15) is 12.0 Å². The molecular weight excluding hydrogens is 234 g/mol. The Bertz CT molecular complexity index is 634. The summed E-state index contributed by atoms with van der Waals surface area (Å²) in [6.45, 7) is 0.257. The first-order valence-corrected chi connectivity index (χ1v) is 6.64. The van der Waals surface area contributed by atoms with E-state index in [9.17, 15) is 0 Å². The summed E-state index contributed by atoms with van der Waals surface area (Å²) in [5.74, 6) is 0. The van der Waals surface area contributed by atoms with Gasteiger partial charge in [0, 0.05) is 30.1 Å². The molecule has 0 fully saturated rings. The topological polar surface area (TPSA) is 24.6 Å². The summed E-state index contributed by atoms with van der Waals surface area (Å²) in [4.78, 5) is 0. The molecule has 0 radical (unpaired) electrons. The molecule has 3 rings (SSSR count). The molecule has 0 saturated carbocycles. The highest BCUT2D eigenvalue weighted by Gasteiger charge is 2.02. The van der Waals surface area contributed by atoms with Crippen molar-refractivity contribution >= 4 is 5.52 Å². The summed E-state index contributed by atoms with van der Waals surface area (Å²) in [6.07, 6.45) is 5.98. The second kappa shape index (κ2) is 5.29. The number of aryl methyl sites for hydroxylation is 1. The van der Waals surface area contributed by atoms with E-state index in [1.807, 2.05) is 6.07 Å². The average Bonchev–Trinajstić information content (AvgIpc) is 2.89. The van der Waals surface area contributed by atoms with Gasteiger partial charge in [-0.1, -0.05) is 30.3 Å². The second-order valence-corrected chi connectivity index (χ2v) is 4.79. The molecule has 0 atom stereocenters. The largest absolute Gasteiger partial charge is 0.396 e. The fourth-order valence-electron chi connectivity index (χ4n) is 2.36. The van der Waals surface area contributed by atoms with Crippen LogP contribution in [0.2, 0.25) is 0 Å². The number of aliphatic hydroxyl groups is 1. The Morgan fingerprint density at radius 1 is 0.947 bits per heavy atom. The van der Waals surface area contributed by atoms with Crippen molar-refractivity contribution in [2.24, 2.45) is 0 Å². The summed E-state index contributed by atoms with van der Waals surface area (Å²) >= 11 is 0. The van der Waals surface area contributed by atoms with Crippen LogP contribution in [0.25, 0.3) is 16.6 Å². The molecule has 0 bridgehead atoms. The van der Waals surface area contributed by atoms with Crippen LogP contribution in [0, 0.1) is 0 Å². The van der Waals surface area contributed by atoms with E-state index in [0.29, 0.717) is 0 Å². The molecule has 0 aliphatic rings. The van der Waals surface area contributed by atoms with Gasteiger partial charge in [-0.25, -0.2) is 0 Å². The van der Waals surface area contributed by atoms with E-state index in [0.717, 1.165) is 12.8 Å². The first-order chi connectivity index (χ1) is 9.36. The van der Waals surface area contributed by atoms with Gasteiger partial charge >= 0.3 is 0 Å². The maximum Gasteiger partial charge on any atom is 0.0456 e. The highest BCUT2D eigenvalue weighted by atomic mass is 16.2. The molecule has 2 heterocycles. The van der Waals surface area contributed by atoms with Crippen LogP contribution in [0.4, 0.5) is 0 Å². The minimum Gasteiger partial charge on any atom is -0.396 e. The quantitative estimate of drug-likeness (QED) is 0.753. The Hall–Kier alpha value is -2.06. The van der Waals surface area contributed by atoms with Crippen molar-refractivity contribution in [2.45, 2.75) is 12.8 Å². The van der Waals surface area contributed by atoms with Gasteiger partial charge in [0.15, 0.2) is 0 Å². The highest BCUT2D eigenvalue weighted by Crippen LogP contribution is 2.23. The monoisotopic (exact) mass is 251 g/mol. The molecule has 3 aromatic rings. The molecular formula is C17H17NO. The van der Waals surface area contributed by atoms with Crippen LogP contribution >= 0.6 is 0 Å². The van der Waals surface area contributed by atoms with E-state index in [2.05, 4.69) is 59.3 Å². The van der Waals surface area contributed by atoms with Crippen LogP contribution in [0.15, 0.2) is 60.9 Å². The zero-order valence-corrected chi connectivity index (χ0v) is 10.8. The van der Waals surface area contributed by atoms with Gasteiger partial charge in [0.2, 0.25) is 0 Å². The second-order valence-electron chi connectivity index (χ2n) is 4.79. The Morgan fingerprint density at radius 3 is 2.53 bits per heavy atom. The van der Waals surface area contributed by atoms with Gasteiger partial charge in [0.25, 0.3) is 0 Å². The van der Waals surface area contributed by atoms with Crippen LogP contribution in [-0.2, 0) is 6.42 Å². The number of hydrogen-bond donors (Lipinski definition) is 1. The summed E-state index contributed by atoms with van der Waals surface area (Å²) in [5, 5.41) is 8.84. The summed E-state index contributed by atoms with van der Waals surface area (Å²) < 4.78 is 2.13. The minimum atomic E-state index is 0.257. The molecule has 0 aliphatic carbocycles. The summed E-state index contributed by atoms with van der Waals surface area (Å²) in [7, 11) is 0. The van der Waals surface area contributed by atoms with Gasteiger partial charge in [-0.15, -0.1) is 0 Å². The minimum absolute atomic E-state index is 0.257. The van der Waals surface area contributed by atoms with Crippen molar-refractivity contribution < 1.29 is 5.11 Å². The molecule has 19 heavy (non-hydrogen) atoms. The third kappa shape index (κ3) is 2.54. The highest BCUT2D eigenvalue weighted by molar-refractivity contribution is 5.70. The van der Waals surface area contributed by atoms with Gasteiger partial charge in [0.1, 0.15) is 0 Å². The molecule has 1 N–H and O–H groups in total. The number of aliphatic hydroxyl groups excluding tert-OH is 1. The molecule has 2 nitrogen and oxygen atoms in total. The lowest BCUT2D eigenvalue weighted by molar-refractivity contribution is 0.288. The number of aromatic nitrogens is 1. The number of pyridine rings is 1. The van der Waals surface area contributed by atoms with Crippen molar-refractivity contribution in [3.8, 4) is 11.1 Å². The van der Waals surface area contributed by atoms with E-state index >= 15 is 0 Å². The smallest absolute Gasteiger partial charge is 0.0456 e. The first-order valence-electron chi connectivity index (χ1n) is 6.64. The lowest BCUT2D eigenvalue weighted by Crippen LogP contribution is -1.88. The van der Waals surface area contributed by atoms with E-state index in [-0.39, 0.29) is 6.61 Å². The first kappa shape index (κ1) is 12.0. The van der Waals surface area contributed by atoms with Crippen molar-refractivity contribution in [1.82, 2.24) is 4.40 Å². The molecule has 0 unspecified atom stereocenters. The Balaban J connectivity index is 1.88. The zero-order chi connectivity index (χ0) is 13.1. The van der Waals surface area contributed by atoms with Crippen molar-refractivity contribution in [3.05, 3.63) is 66.5 Å². The van der Waals surface area contributed by atoms with Crippen LogP contribution in [-0.4, -0.2) is 16.1 Å². The van der Waals surface area contributed by atoms with E-state index in [1.165, 1.54) is 22.2 Å². The zero-order valence-electron chi connectivity index (χ0n) is 10.8. The molecule has 2 aromatic heterocycles. The van der Waals surface area contributed by atoms with E-state index in [4.69, 9.17) is 5.11 Å². The molecule has 96 valence electrons. The number of nitrogens with zero attached hydrogens (tertiary/aromatic N) is 1. The molecule has 0 aliphatic heterocycles. The third-order valence-corrected chi connectivity index (χ3v) is 3.42.